The highest BCUT2D eigenvalue weighted by atomic mass is 16.5. The van der Waals surface area contributed by atoms with Gasteiger partial charge in [0, 0.05) is 31.6 Å². The van der Waals surface area contributed by atoms with Crippen LogP contribution >= 0.6 is 0 Å². The largest absolute Gasteiger partial charge is 0.381 e. The number of rotatable bonds is 7. The summed E-state index contributed by atoms with van der Waals surface area (Å²) in [5.41, 5.74) is 5.16. The highest BCUT2D eigenvalue weighted by molar-refractivity contribution is 5.24. The van der Waals surface area contributed by atoms with Gasteiger partial charge in [0.1, 0.15) is 0 Å². The van der Waals surface area contributed by atoms with Crippen LogP contribution in [0.3, 0.4) is 0 Å². The normalized spacial score (nSPS) is 12.7. The molecule has 0 amide bonds. The summed E-state index contributed by atoms with van der Waals surface area (Å²) >= 11 is 0. The van der Waals surface area contributed by atoms with Crippen LogP contribution < -0.4 is 11.3 Å². The van der Waals surface area contributed by atoms with Crippen molar-refractivity contribution in [1.29, 1.82) is 0 Å². The SMILES string of the molecule is CCCOCCC(NN)c1cnccc1C. The Morgan fingerprint density at radius 2 is 2.31 bits per heavy atom. The van der Waals surface area contributed by atoms with E-state index in [1.807, 2.05) is 12.3 Å². The molecular formula is C12H21N3O. The second-order valence-corrected chi connectivity index (χ2v) is 3.85. The van der Waals surface area contributed by atoms with Gasteiger partial charge < -0.3 is 4.74 Å². The predicted octanol–water partition coefficient (Wildman–Crippen LogP) is 1.71. The van der Waals surface area contributed by atoms with Crippen molar-refractivity contribution in [2.45, 2.75) is 32.7 Å². The summed E-state index contributed by atoms with van der Waals surface area (Å²) in [5.74, 6) is 5.56. The lowest BCUT2D eigenvalue weighted by Gasteiger charge is -2.17. The molecule has 3 N–H and O–H groups in total. The Hall–Kier alpha value is -0.970. The number of aromatic nitrogens is 1. The summed E-state index contributed by atoms with van der Waals surface area (Å²) in [5, 5.41) is 0. The summed E-state index contributed by atoms with van der Waals surface area (Å²) in [4.78, 5) is 4.12. The molecule has 1 rings (SSSR count). The van der Waals surface area contributed by atoms with Crippen LogP contribution in [-0.4, -0.2) is 18.2 Å². The molecule has 0 fully saturated rings. The minimum absolute atomic E-state index is 0.116. The monoisotopic (exact) mass is 223 g/mol. The fourth-order valence-electron chi connectivity index (χ4n) is 1.62. The van der Waals surface area contributed by atoms with Gasteiger partial charge in [0.2, 0.25) is 0 Å². The third-order valence-electron chi connectivity index (χ3n) is 2.56. The number of hydrogen-bond donors (Lipinski definition) is 2. The van der Waals surface area contributed by atoms with Gasteiger partial charge in [0.05, 0.1) is 0 Å². The first-order chi connectivity index (χ1) is 7.79. The van der Waals surface area contributed by atoms with Gasteiger partial charge in [-0.05, 0) is 37.0 Å². The van der Waals surface area contributed by atoms with Crippen LogP contribution in [0.15, 0.2) is 18.5 Å². The van der Waals surface area contributed by atoms with Crippen LogP contribution in [0.1, 0.15) is 36.9 Å². The van der Waals surface area contributed by atoms with Gasteiger partial charge >= 0.3 is 0 Å². The number of nitrogens with one attached hydrogen (secondary N) is 1. The second-order valence-electron chi connectivity index (χ2n) is 3.85. The van der Waals surface area contributed by atoms with Crippen LogP contribution in [0, 0.1) is 6.92 Å². The Morgan fingerprint density at radius 3 is 2.94 bits per heavy atom. The van der Waals surface area contributed by atoms with Gasteiger partial charge in [0.15, 0.2) is 0 Å². The fraction of sp³-hybridized carbons (Fsp3) is 0.583. The molecule has 1 heterocycles. The zero-order valence-corrected chi connectivity index (χ0v) is 10.1. The number of nitrogens with zero attached hydrogens (tertiary/aromatic N) is 1. The fourth-order valence-corrected chi connectivity index (χ4v) is 1.62. The highest BCUT2D eigenvalue weighted by Crippen LogP contribution is 2.18. The molecule has 0 spiro atoms. The van der Waals surface area contributed by atoms with Crippen LogP contribution in [0.5, 0.6) is 0 Å². The first-order valence-electron chi connectivity index (χ1n) is 5.74. The van der Waals surface area contributed by atoms with Gasteiger partial charge in [-0.15, -0.1) is 0 Å². The van der Waals surface area contributed by atoms with Crippen molar-refractivity contribution in [2.75, 3.05) is 13.2 Å². The standard InChI is InChI=1S/C12H21N3O/c1-3-7-16-8-5-12(15-13)11-9-14-6-4-10(11)2/h4,6,9,12,15H,3,5,7-8,13H2,1-2H3. The van der Waals surface area contributed by atoms with E-state index in [1.165, 1.54) is 5.56 Å². The Kier molecular flexibility index (Phi) is 6.00. The van der Waals surface area contributed by atoms with Gasteiger partial charge in [-0.2, -0.15) is 0 Å². The van der Waals surface area contributed by atoms with Crippen LogP contribution in [0.4, 0.5) is 0 Å². The summed E-state index contributed by atoms with van der Waals surface area (Å²) in [6.45, 7) is 5.69. The topological polar surface area (TPSA) is 60.2 Å². The van der Waals surface area contributed by atoms with E-state index >= 15 is 0 Å². The number of aryl methyl sites for hydroxylation is 1. The molecule has 0 saturated heterocycles. The Bertz CT molecular complexity index is 304. The maximum absolute atomic E-state index is 5.56. The molecule has 0 bridgehead atoms. The molecule has 0 aliphatic heterocycles. The van der Waals surface area contributed by atoms with E-state index < -0.39 is 0 Å². The first-order valence-corrected chi connectivity index (χ1v) is 5.74. The summed E-state index contributed by atoms with van der Waals surface area (Å²) < 4.78 is 5.46. The van der Waals surface area contributed by atoms with E-state index in [1.54, 1.807) is 6.20 Å². The first kappa shape index (κ1) is 13.1. The Morgan fingerprint density at radius 1 is 1.50 bits per heavy atom. The van der Waals surface area contributed by atoms with Crippen LogP contribution in [0.2, 0.25) is 0 Å². The zero-order chi connectivity index (χ0) is 11.8. The molecule has 90 valence electrons. The lowest BCUT2D eigenvalue weighted by molar-refractivity contribution is 0.124. The van der Waals surface area contributed by atoms with E-state index in [-0.39, 0.29) is 6.04 Å². The van der Waals surface area contributed by atoms with Crippen molar-refractivity contribution in [1.82, 2.24) is 10.4 Å². The molecular weight excluding hydrogens is 202 g/mol. The van der Waals surface area contributed by atoms with Crippen molar-refractivity contribution in [3.05, 3.63) is 29.6 Å². The third-order valence-corrected chi connectivity index (χ3v) is 2.56. The Balaban J connectivity index is 2.51. The molecule has 0 radical (unpaired) electrons. The average molecular weight is 223 g/mol. The maximum atomic E-state index is 5.56. The lowest BCUT2D eigenvalue weighted by atomic mass is 10.0. The second kappa shape index (κ2) is 7.33. The number of hydrazine groups is 1. The molecule has 0 saturated carbocycles. The molecule has 1 unspecified atom stereocenters. The smallest absolute Gasteiger partial charge is 0.0499 e. The van der Waals surface area contributed by atoms with E-state index in [0.717, 1.165) is 31.6 Å². The molecule has 16 heavy (non-hydrogen) atoms. The molecule has 4 nitrogen and oxygen atoms in total. The van der Waals surface area contributed by atoms with E-state index in [2.05, 4.69) is 24.3 Å². The molecule has 4 heteroatoms. The molecule has 1 aromatic heterocycles. The van der Waals surface area contributed by atoms with Crippen molar-refractivity contribution in [3.63, 3.8) is 0 Å². The quantitative estimate of drug-likeness (QED) is 0.420. The van der Waals surface area contributed by atoms with E-state index in [0.29, 0.717) is 0 Å². The predicted molar refractivity (Wildman–Crippen MR) is 64.8 cm³/mol. The number of ether oxygens (including phenoxy) is 1. The van der Waals surface area contributed by atoms with Crippen LogP contribution in [0.25, 0.3) is 0 Å². The molecule has 0 aromatic carbocycles. The van der Waals surface area contributed by atoms with Gasteiger partial charge in [-0.25, -0.2) is 0 Å². The molecule has 1 aromatic rings. The van der Waals surface area contributed by atoms with Gasteiger partial charge in [-0.3, -0.25) is 16.3 Å². The number of pyridine rings is 1. The summed E-state index contributed by atoms with van der Waals surface area (Å²) in [6, 6.07) is 2.11. The number of nitrogens with two attached hydrogens (primary N) is 1. The zero-order valence-electron chi connectivity index (χ0n) is 10.1. The maximum Gasteiger partial charge on any atom is 0.0499 e. The lowest BCUT2D eigenvalue weighted by Crippen LogP contribution is -2.29. The highest BCUT2D eigenvalue weighted by Gasteiger charge is 2.11. The van der Waals surface area contributed by atoms with Crippen molar-refractivity contribution in [2.24, 2.45) is 5.84 Å². The molecule has 0 aliphatic rings. The van der Waals surface area contributed by atoms with Crippen molar-refractivity contribution >= 4 is 0 Å². The molecule has 1 atom stereocenters. The summed E-state index contributed by atoms with van der Waals surface area (Å²) in [7, 11) is 0. The van der Waals surface area contributed by atoms with Crippen molar-refractivity contribution < 1.29 is 4.74 Å². The van der Waals surface area contributed by atoms with E-state index in [4.69, 9.17) is 10.6 Å². The van der Waals surface area contributed by atoms with Gasteiger partial charge in [0.25, 0.3) is 0 Å². The third kappa shape index (κ3) is 3.89. The van der Waals surface area contributed by atoms with E-state index in [9.17, 15) is 0 Å². The van der Waals surface area contributed by atoms with Crippen LogP contribution in [-0.2, 0) is 4.74 Å². The Labute approximate surface area is 97.2 Å². The number of hydrogen-bond acceptors (Lipinski definition) is 4. The van der Waals surface area contributed by atoms with Gasteiger partial charge in [-0.1, -0.05) is 6.92 Å². The molecule has 0 aliphatic carbocycles. The summed E-state index contributed by atoms with van der Waals surface area (Å²) in [6.07, 6.45) is 5.56. The average Bonchev–Trinajstić information content (AvgIpc) is 2.31. The minimum atomic E-state index is 0.116. The van der Waals surface area contributed by atoms with Crippen molar-refractivity contribution in [3.8, 4) is 0 Å². The minimum Gasteiger partial charge on any atom is -0.381 e.